The molecule has 18 heavy (non-hydrogen) atoms. The van der Waals surface area contributed by atoms with E-state index < -0.39 is 17.9 Å². The van der Waals surface area contributed by atoms with E-state index in [2.05, 4.69) is 0 Å². The largest absolute Gasteiger partial charge is 0.478 e. The van der Waals surface area contributed by atoms with Crippen LogP contribution in [0.5, 0.6) is 0 Å². The summed E-state index contributed by atoms with van der Waals surface area (Å²) in [6, 6.07) is 0.794. The highest BCUT2D eigenvalue weighted by molar-refractivity contribution is 5.90. The second kappa shape index (κ2) is 5.03. The minimum atomic E-state index is -1.09. The molecular formula is C12H16N2O4. The summed E-state index contributed by atoms with van der Waals surface area (Å²) in [4.78, 5) is 33.9. The molecule has 0 radical (unpaired) electrons. The van der Waals surface area contributed by atoms with Gasteiger partial charge in [0, 0.05) is 24.2 Å². The van der Waals surface area contributed by atoms with Crippen molar-refractivity contribution in [3.05, 3.63) is 33.2 Å². The highest BCUT2D eigenvalue weighted by Crippen LogP contribution is 2.16. The number of amides is 1. The van der Waals surface area contributed by atoms with E-state index in [0.29, 0.717) is 11.3 Å². The van der Waals surface area contributed by atoms with E-state index in [4.69, 9.17) is 10.8 Å². The number of hydrogen-bond donors (Lipinski definition) is 2. The van der Waals surface area contributed by atoms with Crippen LogP contribution in [0.2, 0.25) is 0 Å². The first-order valence-corrected chi connectivity index (χ1v) is 5.50. The average molecular weight is 252 g/mol. The molecule has 1 amide bonds. The van der Waals surface area contributed by atoms with Crippen LogP contribution in [0.1, 0.15) is 41.0 Å². The summed E-state index contributed by atoms with van der Waals surface area (Å²) < 4.78 is 1.29. The molecule has 0 saturated carbocycles. The fourth-order valence-electron chi connectivity index (χ4n) is 2.15. The second-order valence-corrected chi connectivity index (χ2v) is 4.32. The molecule has 1 heterocycles. The molecule has 3 N–H and O–H groups in total. The monoisotopic (exact) mass is 252 g/mol. The molecular weight excluding hydrogens is 236 g/mol. The molecule has 0 aliphatic carbocycles. The first-order valence-electron chi connectivity index (χ1n) is 5.50. The lowest BCUT2D eigenvalue weighted by Crippen LogP contribution is -2.30. The van der Waals surface area contributed by atoms with Gasteiger partial charge in [0.25, 0.3) is 5.56 Å². The molecule has 6 nitrogen and oxygen atoms in total. The van der Waals surface area contributed by atoms with Crippen LogP contribution >= 0.6 is 0 Å². The Kier molecular flexibility index (Phi) is 3.90. The van der Waals surface area contributed by atoms with Crippen molar-refractivity contribution in [1.29, 1.82) is 0 Å². The number of pyridine rings is 1. The first kappa shape index (κ1) is 14.0. The van der Waals surface area contributed by atoms with Gasteiger partial charge in [-0.05, 0) is 26.3 Å². The number of nitrogens with zero attached hydrogens (tertiary/aromatic N) is 1. The Morgan fingerprint density at radius 3 is 2.44 bits per heavy atom. The molecule has 0 saturated heterocycles. The smallest absolute Gasteiger partial charge is 0.337 e. The number of carbonyl (C=O) groups excluding carboxylic acids is 1. The zero-order valence-electron chi connectivity index (χ0n) is 10.6. The molecule has 1 unspecified atom stereocenters. The highest BCUT2D eigenvalue weighted by Gasteiger charge is 2.19. The molecule has 0 aliphatic heterocycles. The number of aryl methyl sites for hydroxylation is 1. The topological polar surface area (TPSA) is 102 Å². The Balaban J connectivity index is 3.45. The number of aromatic nitrogens is 1. The van der Waals surface area contributed by atoms with Gasteiger partial charge in [-0.2, -0.15) is 0 Å². The molecule has 0 spiro atoms. The molecule has 0 fully saturated rings. The maximum Gasteiger partial charge on any atom is 0.337 e. The number of rotatable bonds is 4. The number of nitrogens with two attached hydrogens (primary N) is 1. The van der Waals surface area contributed by atoms with Crippen LogP contribution in [0.25, 0.3) is 0 Å². The first-order chi connectivity index (χ1) is 8.25. The molecule has 0 aliphatic rings. The summed E-state index contributed by atoms with van der Waals surface area (Å²) >= 11 is 0. The lowest BCUT2D eigenvalue weighted by molar-refractivity contribution is -0.118. The van der Waals surface area contributed by atoms with Crippen LogP contribution in [0.3, 0.4) is 0 Å². The number of carboxylic acids is 1. The van der Waals surface area contributed by atoms with Gasteiger partial charge in [-0.1, -0.05) is 0 Å². The van der Waals surface area contributed by atoms with Crippen LogP contribution in [0, 0.1) is 13.8 Å². The molecule has 0 bridgehead atoms. The van der Waals surface area contributed by atoms with Crippen molar-refractivity contribution in [2.45, 2.75) is 33.2 Å². The van der Waals surface area contributed by atoms with Crippen LogP contribution < -0.4 is 11.3 Å². The maximum absolute atomic E-state index is 11.9. The summed E-state index contributed by atoms with van der Waals surface area (Å²) in [5.41, 5.74) is 5.59. The normalized spacial score (nSPS) is 12.2. The average Bonchev–Trinajstić information content (AvgIpc) is 2.13. The van der Waals surface area contributed by atoms with E-state index in [-0.39, 0.29) is 17.5 Å². The molecule has 1 atom stereocenters. The van der Waals surface area contributed by atoms with Crippen LogP contribution in [-0.4, -0.2) is 21.6 Å². The number of carboxylic acid groups (broad SMARTS) is 1. The van der Waals surface area contributed by atoms with Gasteiger partial charge < -0.3 is 15.4 Å². The van der Waals surface area contributed by atoms with Crippen LogP contribution in [0.15, 0.2) is 10.9 Å². The summed E-state index contributed by atoms with van der Waals surface area (Å²) in [6.45, 7) is 4.77. The number of primary amides is 1. The van der Waals surface area contributed by atoms with Crippen molar-refractivity contribution in [3.8, 4) is 0 Å². The van der Waals surface area contributed by atoms with E-state index in [9.17, 15) is 14.4 Å². The van der Waals surface area contributed by atoms with E-state index in [0.717, 1.165) is 0 Å². The minimum absolute atomic E-state index is 0.0110. The summed E-state index contributed by atoms with van der Waals surface area (Å²) in [5, 5.41) is 9.12. The van der Waals surface area contributed by atoms with E-state index in [1.807, 2.05) is 0 Å². The third-order valence-corrected chi connectivity index (χ3v) is 2.85. The molecule has 1 rings (SSSR count). The lowest BCUT2D eigenvalue weighted by Gasteiger charge is -2.19. The highest BCUT2D eigenvalue weighted by atomic mass is 16.4. The van der Waals surface area contributed by atoms with Gasteiger partial charge in [0.05, 0.1) is 5.56 Å². The van der Waals surface area contributed by atoms with Crippen LogP contribution in [-0.2, 0) is 4.79 Å². The van der Waals surface area contributed by atoms with Crippen molar-refractivity contribution in [2.75, 3.05) is 0 Å². The zero-order valence-corrected chi connectivity index (χ0v) is 10.6. The predicted molar refractivity (Wildman–Crippen MR) is 65.7 cm³/mol. The van der Waals surface area contributed by atoms with Crippen molar-refractivity contribution in [1.82, 2.24) is 4.57 Å². The summed E-state index contributed by atoms with van der Waals surface area (Å²) in [7, 11) is 0. The Morgan fingerprint density at radius 2 is 2.00 bits per heavy atom. The predicted octanol–water partition coefficient (Wildman–Crippen LogP) is 0.600. The van der Waals surface area contributed by atoms with Gasteiger partial charge in [-0.3, -0.25) is 9.59 Å². The lowest BCUT2D eigenvalue weighted by atomic mass is 10.1. The SMILES string of the molecule is Cc1cc(=O)n(C(C)CC(N)=O)c(C)c1C(=O)O. The molecule has 1 aromatic rings. The van der Waals surface area contributed by atoms with Gasteiger partial charge in [-0.15, -0.1) is 0 Å². The quantitative estimate of drug-likeness (QED) is 0.819. The molecule has 1 aromatic heterocycles. The van der Waals surface area contributed by atoms with Crippen molar-refractivity contribution in [3.63, 3.8) is 0 Å². The van der Waals surface area contributed by atoms with Crippen molar-refractivity contribution < 1.29 is 14.7 Å². The minimum Gasteiger partial charge on any atom is -0.478 e. The molecule has 6 heteroatoms. The molecule has 0 aromatic carbocycles. The number of hydrogen-bond acceptors (Lipinski definition) is 3. The van der Waals surface area contributed by atoms with Crippen molar-refractivity contribution >= 4 is 11.9 Å². The summed E-state index contributed by atoms with van der Waals surface area (Å²) in [5.74, 6) is -1.63. The fourth-order valence-corrected chi connectivity index (χ4v) is 2.15. The third kappa shape index (κ3) is 2.58. The number of aromatic carboxylic acids is 1. The van der Waals surface area contributed by atoms with Gasteiger partial charge in [-0.25, -0.2) is 4.79 Å². The Hall–Kier alpha value is -2.11. The second-order valence-electron chi connectivity index (χ2n) is 4.32. The Labute approximate surface area is 104 Å². The maximum atomic E-state index is 11.9. The third-order valence-electron chi connectivity index (χ3n) is 2.85. The van der Waals surface area contributed by atoms with E-state index in [1.54, 1.807) is 20.8 Å². The standard InChI is InChI=1S/C12H16N2O4/c1-6-4-10(16)14(7(2)5-9(13)15)8(3)11(6)12(17)18/h4,7H,5H2,1-3H3,(H2,13,15)(H,17,18). The van der Waals surface area contributed by atoms with Gasteiger partial charge in [0.2, 0.25) is 5.91 Å². The van der Waals surface area contributed by atoms with Gasteiger partial charge in [0.15, 0.2) is 0 Å². The zero-order chi connectivity index (χ0) is 14.0. The van der Waals surface area contributed by atoms with Crippen LogP contribution in [0.4, 0.5) is 0 Å². The summed E-state index contributed by atoms with van der Waals surface area (Å²) in [6.07, 6.45) is -0.0110. The fraction of sp³-hybridized carbons (Fsp3) is 0.417. The van der Waals surface area contributed by atoms with Gasteiger partial charge in [0.1, 0.15) is 0 Å². The Morgan fingerprint density at radius 1 is 1.44 bits per heavy atom. The van der Waals surface area contributed by atoms with Gasteiger partial charge >= 0.3 is 5.97 Å². The Bertz CT molecular complexity index is 560. The van der Waals surface area contributed by atoms with Crippen molar-refractivity contribution in [2.24, 2.45) is 5.73 Å². The van der Waals surface area contributed by atoms with E-state index in [1.165, 1.54) is 10.6 Å². The number of carbonyl (C=O) groups is 2. The van der Waals surface area contributed by atoms with E-state index >= 15 is 0 Å². The molecule has 98 valence electrons.